The summed E-state index contributed by atoms with van der Waals surface area (Å²) in [5.41, 5.74) is 4.14. The van der Waals surface area contributed by atoms with Crippen molar-refractivity contribution in [2.75, 3.05) is 7.11 Å². The van der Waals surface area contributed by atoms with Crippen molar-refractivity contribution in [2.24, 2.45) is 0 Å². The van der Waals surface area contributed by atoms with Crippen molar-refractivity contribution in [3.05, 3.63) is 63.6 Å². The highest BCUT2D eigenvalue weighted by Crippen LogP contribution is 2.35. The van der Waals surface area contributed by atoms with Gasteiger partial charge in [0.05, 0.1) is 7.11 Å². The predicted octanol–water partition coefficient (Wildman–Crippen LogP) is 4.80. The van der Waals surface area contributed by atoms with Crippen LogP contribution in [0.5, 0.6) is 5.75 Å². The van der Waals surface area contributed by atoms with Gasteiger partial charge in [0.25, 0.3) is 0 Å². The number of aryl methyl sites for hydroxylation is 1. The molecule has 0 bridgehead atoms. The maximum absolute atomic E-state index is 5.36. The van der Waals surface area contributed by atoms with Gasteiger partial charge in [-0.1, -0.05) is 34.1 Å². The van der Waals surface area contributed by atoms with E-state index in [1.54, 1.807) is 7.11 Å². The lowest BCUT2D eigenvalue weighted by Crippen LogP contribution is -2.23. The first-order valence-electron chi connectivity index (χ1n) is 7.35. The summed E-state index contributed by atoms with van der Waals surface area (Å²) in [6.45, 7) is 2.22. The molecule has 2 unspecified atom stereocenters. The number of ether oxygens (including phenoxy) is 1. The summed E-state index contributed by atoms with van der Waals surface area (Å²) in [6, 6.07) is 15.7. The van der Waals surface area contributed by atoms with Gasteiger partial charge >= 0.3 is 0 Å². The van der Waals surface area contributed by atoms with Gasteiger partial charge in [0.15, 0.2) is 0 Å². The van der Waals surface area contributed by atoms with Gasteiger partial charge in [0.1, 0.15) is 5.75 Å². The van der Waals surface area contributed by atoms with Crippen LogP contribution in [0.25, 0.3) is 0 Å². The second-order valence-corrected chi connectivity index (χ2v) is 6.51. The number of benzene rings is 2. The summed E-state index contributed by atoms with van der Waals surface area (Å²) >= 11 is 3.49. The lowest BCUT2D eigenvalue weighted by molar-refractivity contribution is 0.412. The molecule has 0 radical (unpaired) electrons. The molecule has 3 rings (SSSR count). The first-order chi connectivity index (χ1) is 10.2. The Morgan fingerprint density at radius 3 is 2.67 bits per heavy atom. The fourth-order valence-electron chi connectivity index (χ4n) is 3.03. The normalized spacial score (nSPS) is 18.3. The van der Waals surface area contributed by atoms with Crippen LogP contribution in [0.1, 0.15) is 42.1 Å². The van der Waals surface area contributed by atoms with E-state index in [1.807, 2.05) is 0 Å². The van der Waals surface area contributed by atoms with Crippen molar-refractivity contribution < 1.29 is 4.74 Å². The van der Waals surface area contributed by atoms with Crippen LogP contribution in [0, 0.1) is 0 Å². The van der Waals surface area contributed by atoms with E-state index >= 15 is 0 Å². The van der Waals surface area contributed by atoms with Crippen LogP contribution < -0.4 is 10.1 Å². The highest BCUT2D eigenvalue weighted by molar-refractivity contribution is 9.10. The Morgan fingerprint density at radius 2 is 1.95 bits per heavy atom. The SMILES string of the molecule is COc1ccc2c(c1)C(NC(C)c1ccc(Br)cc1)CC2. The molecule has 0 spiro atoms. The Labute approximate surface area is 134 Å². The van der Waals surface area contributed by atoms with Gasteiger partial charge in [-0.25, -0.2) is 0 Å². The number of rotatable bonds is 4. The second-order valence-electron chi connectivity index (χ2n) is 5.60. The van der Waals surface area contributed by atoms with Crippen LogP contribution in [0.4, 0.5) is 0 Å². The Hall–Kier alpha value is -1.32. The second kappa shape index (κ2) is 6.20. The maximum Gasteiger partial charge on any atom is 0.119 e. The van der Waals surface area contributed by atoms with Crippen molar-refractivity contribution in [3.63, 3.8) is 0 Å². The topological polar surface area (TPSA) is 21.3 Å². The minimum atomic E-state index is 0.334. The van der Waals surface area contributed by atoms with E-state index < -0.39 is 0 Å². The highest BCUT2D eigenvalue weighted by atomic mass is 79.9. The number of fused-ring (bicyclic) bond motifs is 1. The summed E-state index contributed by atoms with van der Waals surface area (Å²) in [5.74, 6) is 0.943. The van der Waals surface area contributed by atoms with Crippen LogP contribution in [0.2, 0.25) is 0 Å². The van der Waals surface area contributed by atoms with Crippen molar-refractivity contribution in [2.45, 2.75) is 31.8 Å². The lowest BCUT2D eigenvalue weighted by atomic mass is 10.0. The first kappa shape index (κ1) is 14.6. The molecule has 0 fully saturated rings. The number of hydrogen-bond acceptors (Lipinski definition) is 2. The maximum atomic E-state index is 5.36. The van der Waals surface area contributed by atoms with E-state index in [1.165, 1.54) is 16.7 Å². The average molecular weight is 346 g/mol. The zero-order valence-electron chi connectivity index (χ0n) is 12.4. The summed E-state index contributed by atoms with van der Waals surface area (Å²) in [4.78, 5) is 0. The fourth-order valence-corrected chi connectivity index (χ4v) is 3.29. The molecule has 1 aliphatic rings. The van der Waals surface area contributed by atoms with Gasteiger partial charge in [-0.2, -0.15) is 0 Å². The molecule has 2 atom stereocenters. The first-order valence-corrected chi connectivity index (χ1v) is 8.15. The zero-order valence-corrected chi connectivity index (χ0v) is 14.0. The van der Waals surface area contributed by atoms with Crippen LogP contribution in [-0.2, 0) is 6.42 Å². The standard InChI is InChI=1S/C18H20BrNO/c1-12(13-3-7-15(19)8-4-13)20-18-10-6-14-5-9-16(21-2)11-17(14)18/h3-5,7-9,11-12,18,20H,6,10H2,1-2H3. The minimum absolute atomic E-state index is 0.334. The molecule has 21 heavy (non-hydrogen) atoms. The molecule has 1 aliphatic carbocycles. The molecule has 3 heteroatoms. The predicted molar refractivity (Wildman–Crippen MR) is 89.7 cm³/mol. The molecule has 0 amide bonds. The van der Waals surface area contributed by atoms with E-state index in [0.717, 1.165) is 23.1 Å². The third kappa shape index (κ3) is 3.14. The molecule has 2 aromatic rings. The lowest BCUT2D eigenvalue weighted by Gasteiger charge is -2.21. The quantitative estimate of drug-likeness (QED) is 0.859. The highest BCUT2D eigenvalue weighted by Gasteiger charge is 2.24. The van der Waals surface area contributed by atoms with Crippen LogP contribution in [0.15, 0.2) is 46.9 Å². The molecule has 0 aromatic heterocycles. The van der Waals surface area contributed by atoms with Crippen LogP contribution in [0.3, 0.4) is 0 Å². The van der Waals surface area contributed by atoms with E-state index in [0.29, 0.717) is 12.1 Å². The molecule has 110 valence electrons. The molecule has 2 nitrogen and oxygen atoms in total. The number of hydrogen-bond donors (Lipinski definition) is 1. The largest absolute Gasteiger partial charge is 0.497 e. The third-order valence-electron chi connectivity index (χ3n) is 4.25. The van der Waals surface area contributed by atoms with Crippen molar-refractivity contribution in [1.29, 1.82) is 0 Å². The monoisotopic (exact) mass is 345 g/mol. The smallest absolute Gasteiger partial charge is 0.119 e. The van der Waals surface area contributed by atoms with E-state index in [-0.39, 0.29) is 0 Å². The Morgan fingerprint density at radius 1 is 1.19 bits per heavy atom. The summed E-state index contributed by atoms with van der Waals surface area (Å²) in [6.07, 6.45) is 2.30. The van der Waals surface area contributed by atoms with Crippen LogP contribution in [-0.4, -0.2) is 7.11 Å². The van der Waals surface area contributed by atoms with Crippen molar-refractivity contribution in [3.8, 4) is 5.75 Å². The number of methoxy groups -OCH3 is 1. The average Bonchev–Trinajstić information content (AvgIpc) is 2.90. The molecular formula is C18H20BrNO. The van der Waals surface area contributed by atoms with E-state index in [4.69, 9.17) is 4.74 Å². The van der Waals surface area contributed by atoms with E-state index in [9.17, 15) is 0 Å². The Balaban J connectivity index is 1.76. The molecule has 0 saturated carbocycles. The summed E-state index contributed by atoms with van der Waals surface area (Å²) in [7, 11) is 1.73. The van der Waals surface area contributed by atoms with E-state index in [2.05, 4.69) is 70.6 Å². The molecule has 1 N–H and O–H groups in total. The Bertz CT molecular complexity index is 624. The summed E-state index contributed by atoms with van der Waals surface area (Å²) < 4.78 is 6.48. The molecule has 0 heterocycles. The zero-order chi connectivity index (χ0) is 14.8. The number of halogens is 1. The summed E-state index contributed by atoms with van der Waals surface area (Å²) in [5, 5.41) is 3.75. The van der Waals surface area contributed by atoms with Crippen molar-refractivity contribution in [1.82, 2.24) is 5.32 Å². The van der Waals surface area contributed by atoms with Gasteiger partial charge < -0.3 is 10.1 Å². The molecule has 2 aromatic carbocycles. The van der Waals surface area contributed by atoms with Gasteiger partial charge in [-0.15, -0.1) is 0 Å². The third-order valence-corrected chi connectivity index (χ3v) is 4.78. The van der Waals surface area contributed by atoms with Crippen LogP contribution >= 0.6 is 15.9 Å². The molecule has 0 saturated heterocycles. The van der Waals surface area contributed by atoms with Gasteiger partial charge in [-0.05, 0) is 60.7 Å². The minimum Gasteiger partial charge on any atom is -0.497 e. The fraction of sp³-hybridized carbons (Fsp3) is 0.333. The van der Waals surface area contributed by atoms with Gasteiger partial charge in [0, 0.05) is 16.6 Å². The number of nitrogens with one attached hydrogen (secondary N) is 1. The van der Waals surface area contributed by atoms with Gasteiger partial charge in [-0.3, -0.25) is 0 Å². The van der Waals surface area contributed by atoms with Crippen molar-refractivity contribution >= 4 is 15.9 Å². The molecule has 0 aliphatic heterocycles. The molecular weight excluding hydrogens is 326 g/mol. The Kier molecular flexibility index (Phi) is 4.32. The van der Waals surface area contributed by atoms with Gasteiger partial charge in [0.2, 0.25) is 0 Å².